The molecular weight excluding hydrogens is 320 g/mol. The summed E-state index contributed by atoms with van der Waals surface area (Å²) < 4.78 is 6.64. The average molecular weight is 335 g/mol. The molecule has 0 saturated carbocycles. The van der Waals surface area contributed by atoms with Crippen molar-refractivity contribution in [3.8, 4) is 11.5 Å². The number of carboxylic acids is 1. The first-order valence-electron chi connectivity index (χ1n) is 6.17. The van der Waals surface area contributed by atoms with Crippen molar-refractivity contribution in [2.75, 3.05) is 0 Å². The van der Waals surface area contributed by atoms with Crippen LogP contribution in [0.3, 0.4) is 0 Å². The fourth-order valence-corrected chi connectivity index (χ4v) is 2.54. The predicted octanol–water partition coefficient (Wildman–Crippen LogP) is 4.86. The van der Waals surface area contributed by atoms with Gasteiger partial charge in [-0.1, -0.05) is 33.6 Å². The van der Waals surface area contributed by atoms with Crippen LogP contribution in [0.15, 0.2) is 34.8 Å². The average Bonchev–Trinajstić information content (AvgIpc) is 2.33. The normalized spacial score (nSPS) is 10.4. The van der Waals surface area contributed by atoms with E-state index in [1.165, 1.54) is 6.07 Å². The lowest BCUT2D eigenvalue weighted by Gasteiger charge is -2.14. The van der Waals surface area contributed by atoms with Crippen LogP contribution in [0.2, 0.25) is 0 Å². The Morgan fingerprint density at radius 1 is 1.10 bits per heavy atom. The molecule has 0 bridgehead atoms. The van der Waals surface area contributed by atoms with E-state index in [-0.39, 0.29) is 5.56 Å². The minimum atomic E-state index is -1.00. The summed E-state index contributed by atoms with van der Waals surface area (Å²) in [5, 5.41) is 9.22. The van der Waals surface area contributed by atoms with E-state index >= 15 is 0 Å². The van der Waals surface area contributed by atoms with Gasteiger partial charge in [-0.25, -0.2) is 4.79 Å². The van der Waals surface area contributed by atoms with Crippen LogP contribution in [0, 0.1) is 20.8 Å². The van der Waals surface area contributed by atoms with Crippen molar-refractivity contribution >= 4 is 21.9 Å². The van der Waals surface area contributed by atoms with Crippen molar-refractivity contribution in [1.82, 2.24) is 0 Å². The number of ether oxygens (including phenoxy) is 1. The van der Waals surface area contributed by atoms with Crippen molar-refractivity contribution in [1.29, 1.82) is 0 Å². The molecule has 0 unspecified atom stereocenters. The zero-order chi connectivity index (χ0) is 14.9. The third kappa shape index (κ3) is 3.02. The summed E-state index contributed by atoms with van der Waals surface area (Å²) in [6, 6.07) is 8.91. The molecule has 0 heterocycles. The molecule has 2 aromatic rings. The van der Waals surface area contributed by atoms with Gasteiger partial charge in [0.25, 0.3) is 0 Å². The fraction of sp³-hybridized carbons (Fsp3) is 0.188. The zero-order valence-corrected chi connectivity index (χ0v) is 13.1. The van der Waals surface area contributed by atoms with Crippen LogP contribution in [-0.4, -0.2) is 11.1 Å². The van der Waals surface area contributed by atoms with Crippen LogP contribution in [0.1, 0.15) is 27.0 Å². The number of aromatic carboxylic acids is 1. The number of hydrogen-bond acceptors (Lipinski definition) is 2. The second kappa shape index (κ2) is 5.67. The van der Waals surface area contributed by atoms with E-state index < -0.39 is 5.97 Å². The summed E-state index contributed by atoms with van der Waals surface area (Å²) in [6.45, 7) is 5.92. The lowest BCUT2D eigenvalue weighted by atomic mass is 10.1. The molecule has 0 amide bonds. The molecule has 20 heavy (non-hydrogen) atoms. The van der Waals surface area contributed by atoms with Crippen molar-refractivity contribution in [2.45, 2.75) is 20.8 Å². The van der Waals surface area contributed by atoms with Crippen molar-refractivity contribution in [3.63, 3.8) is 0 Å². The number of halogens is 1. The van der Waals surface area contributed by atoms with E-state index in [1.807, 2.05) is 32.9 Å². The van der Waals surface area contributed by atoms with E-state index in [0.717, 1.165) is 21.2 Å². The zero-order valence-electron chi connectivity index (χ0n) is 11.5. The van der Waals surface area contributed by atoms with E-state index in [1.54, 1.807) is 12.1 Å². The van der Waals surface area contributed by atoms with Gasteiger partial charge < -0.3 is 9.84 Å². The molecule has 0 spiro atoms. The second-order valence-electron chi connectivity index (χ2n) is 4.78. The number of carbonyl (C=O) groups is 1. The van der Waals surface area contributed by atoms with Crippen LogP contribution in [0.5, 0.6) is 11.5 Å². The maximum atomic E-state index is 11.3. The SMILES string of the molecule is Cc1cc(C)c(Oc2cc(Br)ccc2C(=O)O)c(C)c1. The Kier molecular flexibility index (Phi) is 4.14. The largest absolute Gasteiger partial charge is 0.478 e. The topological polar surface area (TPSA) is 46.5 Å². The molecule has 0 aromatic heterocycles. The number of hydrogen-bond donors (Lipinski definition) is 1. The molecule has 0 atom stereocenters. The van der Waals surface area contributed by atoms with Crippen molar-refractivity contribution in [2.24, 2.45) is 0 Å². The standard InChI is InChI=1S/C16H15BrO3/c1-9-6-10(2)15(11(3)7-9)20-14-8-12(17)4-5-13(14)16(18)19/h4-8H,1-3H3,(H,18,19). The third-order valence-corrected chi connectivity index (χ3v) is 3.48. The number of benzene rings is 2. The highest BCUT2D eigenvalue weighted by Crippen LogP contribution is 2.33. The number of rotatable bonds is 3. The lowest BCUT2D eigenvalue weighted by molar-refractivity contribution is 0.0694. The first-order chi connectivity index (χ1) is 9.38. The number of carboxylic acid groups (broad SMARTS) is 1. The fourth-order valence-electron chi connectivity index (χ4n) is 2.20. The van der Waals surface area contributed by atoms with E-state index in [0.29, 0.717) is 11.5 Å². The van der Waals surface area contributed by atoms with Gasteiger partial charge in [-0.15, -0.1) is 0 Å². The van der Waals surface area contributed by atoms with E-state index in [4.69, 9.17) is 4.74 Å². The summed E-state index contributed by atoms with van der Waals surface area (Å²) in [6.07, 6.45) is 0. The minimum Gasteiger partial charge on any atom is -0.478 e. The Morgan fingerprint density at radius 3 is 2.25 bits per heavy atom. The summed E-state index contributed by atoms with van der Waals surface area (Å²) in [4.78, 5) is 11.3. The third-order valence-electron chi connectivity index (χ3n) is 2.99. The number of aryl methyl sites for hydroxylation is 3. The molecule has 0 aliphatic rings. The molecular formula is C16H15BrO3. The van der Waals surface area contributed by atoms with Crippen LogP contribution in [0.4, 0.5) is 0 Å². The molecule has 0 aliphatic carbocycles. The van der Waals surface area contributed by atoms with Gasteiger partial charge >= 0.3 is 5.97 Å². The summed E-state index contributed by atoms with van der Waals surface area (Å²) in [7, 11) is 0. The van der Waals surface area contributed by atoms with E-state index in [2.05, 4.69) is 15.9 Å². The van der Waals surface area contributed by atoms with Crippen LogP contribution in [-0.2, 0) is 0 Å². The molecule has 0 aliphatic heterocycles. The minimum absolute atomic E-state index is 0.146. The van der Waals surface area contributed by atoms with Crippen LogP contribution in [0.25, 0.3) is 0 Å². The van der Waals surface area contributed by atoms with Gasteiger partial charge in [0, 0.05) is 4.47 Å². The van der Waals surface area contributed by atoms with Gasteiger partial charge in [0.1, 0.15) is 17.1 Å². The monoisotopic (exact) mass is 334 g/mol. The Bertz CT molecular complexity index is 654. The molecule has 0 saturated heterocycles. The van der Waals surface area contributed by atoms with Gasteiger partial charge in [0.05, 0.1) is 0 Å². The highest BCUT2D eigenvalue weighted by atomic mass is 79.9. The molecule has 104 valence electrons. The van der Waals surface area contributed by atoms with Gasteiger partial charge in [-0.05, 0) is 50.1 Å². The molecule has 0 fully saturated rings. The smallest absolute Gasteiger partial charge is 0.339 e. The lowest BCUT2D eigenvalue weighted by Crippen LogP contribution is -2.01. The maximum absolute atomic E-state index is 11.3. The van der Waals surface area contributed by atoms with Crippen molar-refractivity contribution in [3.05, 3.63) is 57.1 Å². The first-order valence-corrected chi connectivity index (χ1v) is 6.96. The predicted molar refractivity (Wildman–Crippen MR) is 81.8 cm³/mol. The van der Waals surface area contributed by atoms with E-state index in [9.17, 15) is 9.90 Å². The Balaban J connectivity index is 2.50. The van der Waals surface area contributed by atoms with Gasteiger partial charge in [0.15, 0.2) is 0 Å². The molecule has 3 nitrogen and oxygen atoms in total. The molecule has 0 radical (unpaired) electrons. The molecule has 1 N–H and O–H groups in total. The van der Waals surface area contributed by atoms with Crippen LogP contribution >= 0.6 is 15.9 Å². The summed E-state index contributed by atoms with van der Waals surface area (Å²) >= 11 is 3.33. The second-order valence-corrected chi connectivity index (χ2v) is 5.69. The highest BCUT2D eigenvalue weighted by Gasteiger charge is 2.14. The maximum Gasteiger partial charge on any atom is 0.339 e. The van der Waals surface area contributed by atoms with Gasteiger partial charge in [0.2, 0.25) is 0 Å². The molecule has 4 heteroatoms. The summed E-state index contributed by atoms with van der Waals surface area (Å²) in [5.74, 6) is 0.0352. The van der Waals surface area contributed by atoms with Crippen LogP contribution < -0.4 is 4.74 Å². The Morgan fingerprint density at radius 2 is 1.70 bits per heavy atom. The van der Waals surface area contributed by atoms with Gasteiger partial charge in [-0.2, -0.15) is 0 Å². The van der Waals surface area contributed by atoms with Crippen molar-refractivity contribution < 1.29 is 14.6 Å². The summed E-state index contributed by atoms with van der Waals surface area (Å²) in [5.41, 5.74) is 3.27. The molecule has 2 aromatic carbocycles. The Labute approximate surface area is 126 Å². The van der Waals surface area contributed by atoms with Gasteiger partial charge in [-0.3, -0.25) is 0 Å². The first kappa shape index (κ1) is 14.6. The molecule has 2 rings (SSSR count). The quantitative estimate of drug-likeness (QED) is 0.871. The highest BCUT2D eigenvalue weighted by molar-refractivity contribution is 9.10. The Hall–Kier alpha value is -1.81.